The molecule has 0 saturated heterocycles. The number of nitrogens with zero attached hydrogens (tertiary/aromatic N) is 1. The molecule has 2 N–H and O–H groups in total. The van der Waals surface area contributed by atoms with Crippen molar-refractivity contribution in [1.29, 1.82) is 5.26 Å². The van der Waals surface area contributed by atoms with Gasteiger partial charge in [0.2, 0.25) is 5.91 Å². The zero-order valence-corrected chi connectivity index (χ0v) is 12.7. The van der Waals surface area contributed by atoms with Crippen LogP contribution in [0.25, 0.3) is 0 Å². The molecule has 0 heterocycles. The van der Waals surface area contributed by atoms with E-state index in [1.54, 1.807) is 24.3 Å². The summed E-state index contributed by atoms with van der Waals surface area (Å²) in [7, 11) is 0. The molecule has 1 saturated carbocycles. The molecule has 1 fully saturated rings. The minimum absolute atomic E-state index is 0.0529. The third-order valence-electron chi connectivity index (χ3n) is 4.23. The standard InChI is InChI=1S/C17H23N3O/c1-12-6-3-4-9-16(12)19-13(2)17(21)20-15-8-5-7-14(10-15)11-18/h5,7-8,10,12-13,16,19H,3-4,6,9H2,1-2H3,(H,20,21)/t12-,13+,16+/m1/s1. The first-order valence-corrected chi connectivity index (χ1v) is 7.67. The van der Waals surface area contributed by atoms with Gasteiger partial charge in [-0.2, -0.15) is 5.26 Å². The predicted octanol–water partition coefficient (Wildman–Crippen LogP) is 3.05. The first-order chi connectivity index (χ1) is 10.1. The highest BCUT2D eigenvalue weighted by Gasteiger charge is 2.24. The summed E-state index contributed by atoms with van der Waals surface area (Å²) in [5, 5.41) is 15.2. The summed E-state index contributed by atoms with van der Waals surface area (Å²) in [6, 6.07) is 9.25. The van der Waals surface area contributed by atoms with Crippen molar-refractivity contribution >= 4 is 11.6 Å². The van der Waals surface area contributed by atoms with Gasteiger partial charge in [0, 0.05) is 11.7 Å². The first kappa shape index (κ1) is 15.5. The SMILES string of the molecule is C[C@H](N[C@H]1CCCC[C@H]1C)C(=O)Nc1cccc(C#N)c1. The molecule has 1 aromatic rings. The minimum atomic E-state index is -0.235. The quantitative estimate of drug-likeness (QED) is 0.893. The lowest BCUT2D eigenvalue weighted by Crippen LogP contribution is -2.47. The van der Waals surface area contributed by atoms with Crippen LogP contribution in [-0.2, 0) is 4.79 Å². The molecule has 0 bridgehead atoms. The number of carbonyl (C=O) groups excluding carboxylic acids is 1. The molecule has 4 heteroatoms. The van der Waals surface area contributed by atoms with Crippen molar-refractivity contribution < 1.29 is 4.79 Å². The number of nitriles is 1. The van der Waals surface area contributed by atoms with Crippen molar-refractivity contribution in [2.75, 3.05) is 5.32 Å². The van der Waals surface area contributed by atoms with E-state index in [1.807, 2.05) is 6.92 Å². The van der Waals surface area contributed by atoms with Crippen molar-refractivity contribution in [3.8, 4) is 6.07 Å². The van der Waals surface area contributed by atoms with E-state index in [0.717, 1.165) is 6.42 Å². The molecule has 0 unspecified atom stereocenters. The Morgan fingerprint density at radius 2 is 2.14 bits per heavy atom. The zero-order valence-electron chi connectivity index (χ0n) is 12.7. The largest absolute Gasteiger partial charge is 0.325 e. The lowest BCUT2D eigenvalue weighted by Gasteiger charge is -2.31. The maximum Gasteiger partial charge on any atom is 0.241 e. The molecule has 1 amide bonds. The van der Waals surface area contributed by atoms with Crippen LogP contribution in [0.4, 0.5) is 5.69 Å². The molecule has 112 valence electrons. The highest BCUT2D eigenvalue weighted by molar-refractivity contribution is 5.94. The summed E-state index contributed by atoms with van der Waals surface area (Å²) >= 11 is 0. The van der Waals surface area contributed by atoms with E-state index in [9.17, 15) is 4.79 Å². The van der Waals surface area contributed by atoms with Crippen LogP contribution in [0.2, 0.25) is 0 Å². The van der Waals surface area contributed by atoms with E-state index in [0.29, 0.717) is 23.2 Å². The fourth-order valence-corrected chi connectivity index (χ4v) is 2.88. The Bertz CT molecular complexity index is 535. The fourth-order valence-electron chi connectivity index (χ4n) is 2.88. The molecule has 0 aromatic heterocycles. The van der Waals surface area contributed by atoms with Crippen LogP contribution in [0, 0.1) is 17.2 Å². The molecule has 2 rings (SSSR count). The Balaban J connectivity index is 1.91. The van der Waals surface area contributed by atoms with Crippen LogP contribution in [0.15, 0.2) is 24.3 Å². The van der Waals surface area contributed by atoms with Crippen LogP contribution >= 0.6 is 0 Å². The summed E-state index contributed by atoms with van der Waals surface area (Å²) in [4.78, 5) is 12.2. The molecule has 4 nitrogen and oxygen atoms in total. The third-order valence-corrected chi connectivity index (χ3v) is 4.23. The van der Waals surface area contributed by atoms with Crippen LogP contribution in [0.5, 0.6) is 0 Å². The lowest BCUT2D eigenvalue weighted by molar-refractivity contribution is -0.118. The maximum absolute atomic E-state index is 12.2. The average Bonchev–Trinajstić information content (AvgIpc) is 2.49. The van der Waals surface area contributed by atoms with Crippen molar-refractivity contribution in [3.63, 3.8) is 0 Å². The number of hydrogen-bond donors (Lipinski definition) is 2. The van der Waals surface area contributed by atoms with Gasteiger partial charge in [0.15, 0.2) is 0 Å². The van der Waals surface area contributed by atoms with Gasteiger partial charge in [0.05, 0.1) is 17.7 Å². The van der Waals surface area contributed by atoms with Crippen LogP contribution in [0.3, 0.4) is 0 Å². The van der Waals surface area contributed by atoms with Crippen molar-refractivity contribution in [2.45, 2.75) is 51.6 Å². The monoisotopic (exact) mass is 285 g/mol. The summed E-state index contributed by atoms with van der Waals surface area (Å²) in [6.07, 6.45) is 4.90. The number of hydrogen-bond acceptors (Lipinski definition) is 3. The van der Waals surface area contributed by atoms with E-state index in [-0.39, 0.29) is 11.9 Å². The van der Waals surface area contributed by atoms with E-state index in [1.165, 1.54) is 19.3 Å². The number of anilines is 1. The Morgan fingerprint density at radius 1 is 1.38 bits per heavy atom. The molecular weight excluding hydrogens is 262 g/mol. The summed E-state index contributed by atoms with van der Waals surface area (Å²) in [5.74, 6) is 0.568. The average molecular weight is 285 g/mol. The Morgan fingerprint density at radius 3 is 2.86 bits per heavy atom. The van der Waals surface area contributed by atoms with Crippen LogP contribution < -0.4 is 10.6 Å². The van der Waals surface area contributed by atoms with E-state index in [4.69, 9.17) is 5.26 Å². The molecule has 1 aromatic carbocycles. The van der Waals surface area contributed by atoms with Gasteiger partial charge in [-0.1, -0.05) is 25.8 Å². The normalized spacial score (nSPS) is 23.1. The molecular formula is C17H23N3O. The zero-order chi connectivity index (χ0) is 15.2. The van der Waals surface area contributed by atoms with E-state index >= 15 is 0 Å². The van der Waals surface area contributed by atoms with E-state index < -0.39 is 0 Å². The highest BCUT2D eigenvalue weighted by atomic mass is 16.2. The third kappa shape index (κ3) is 4.30. The molecule has 0 radical (unpaired) electrons. The van der Waals surface area contributed by atoms with Gasteiger partial charge in [-0.25, -0.2) is 0 Å². The van der Waals surface area contributed by atoms with Gasteiger partial charge in [-0.15, -0.1) is 0 Å². The number of carbonyl (C=O) groups is 1. The molecule has 0 aliphatic heterocycles. The predicted molar refractivity (Wildman–Crippen MR) is 83.8 cm³/mol. The Hall–Kier alpha value is -1.86. The molecule has 1 aliphatic carbocycles. The molecule has 0 spiro atoms. The highest BCUT2D eigenvalue weighted by Crippen LogP contribution is 2.24. The van der Waals surface area contributed by atoms with Gasteiger partial charge < -0.3 is 10.6 Å². The second kappa shape index (κ2) is 7.24. The molecule has 3 atom stereocenters. The van der Waals surface area contributed by atoms with E-state index in [2.05, 4.69) is 23.6 Å². The van der Waals surface area contributed by atoms with Gasteiger partial charge in [0.1, 0.15) is 0 Å². The number of nitrogens with one attached hydrogen (secondary N) is 2. The summed E-state index contributed by atoms with van der Waals surface area (Å²) in [5.41, 5.74) is 1.22. The van der Waals surface area contributed by atoms with Crippen LogP contribution in [0.1, 0.15) is 45.1 Å². The molecule has 1 aliphatic rings. The van der Waals surface area contributed by atoms with Crippen molar-refractivity contribution in [2.24, 2.45) is 5.92 Å². The maximum atomic E-state index is 12.2. The number of rotatable bonds is 4. The smallest absolute Gasteiger partial charge is 0.241 e. The van der Waals surface area contributed by atoms with Gasteiger partial charge >= 0.3 is 0 Å². The van der Waals surface area contributed by atoms with Crippen molar-refractivity contribution in [3.05, 3.63) is 29.8 Å². The number of amides is 1. The minimum Gasteiger partial charge on any atom is -0.325 e. The fraction of sp³-hybridized carbons (Fsp3) is 0.529. The lowest BCUT2D eigenvalue weighted by atomic mass is 9.85. The van der Waals surface area contributed by atoms with Crippen LogP contribution in [-0.4, -0.2) is 18.0 Å². The Labute approximate surface area is 126 Å². The second-order valence-corrected chi connectivity index (χ2v) is 5.94. The molecule has 21 heavy (non-hydrogen) atoms. The summed E-state index contributed by atoms with van der Waals surface area (Å²) < 4.78 is 0. The topological polar surface area (TPSA) is 64.9 Å². The number of benzene rings is 1. The Kier molecular flexibility index (Phi) is 5.35. The summed E-state index contributed by atoms with van der Waals surface area (Å²) in [6.45, 7) is 4.14. The first-order valence-electron chi connectivity index (χ1n) is 7.67. The van der Waals surface area contributed by atoms with Crippen molar-refractivity contribution in [1.82, 2.24) is 5.32 Å². The van der Waals surface area contributed by atoms with Gasteiger partial charge in [0.25, 0.3) is 0 Å². The van der Waals surface area contributed by atoms with Gasteiger partial charge in [-0.05, 0) is 43.9 Å². The van der Waals surface area contributed by atoms with Gasteiger partial charge in [-0.3, -0.25) is 4.79 Å². The second-order valence-electron chi connectivity index (χ2n) is 5.94.